The lowest BCUT2D eigenvalue weighted by atomic mass is 10.2. The van der Waals surface area contributed by atoms with Gasteiger partial charge in [-0.05, 0) is 36.8 Å². The van der Waals surface area contributed by atoms with Crippen molar-refractivity contribution in [1.29, 1.82) is 0 Å². The molecule has 2 N–H and O–H groups in total. The lowest BCUT2D eigenvalue weighted by Crippen LogP contribution is -2.27. The number of hydrogen-bond acceptors (Lipinski definition) is 6. The van der Waals surface area contributed by atoms with Gasteiger partial charge in [-0.15, -0.1) is 10.2 Å². The van der Waals surface area contributed by atoms with Gasteiger partial charge in [0.05, 0.1) is 19.4 Å². The number of anilines is 2. The summed E-state index contributed by atoms with van der Waals surface area (Å²) in [7, 11) is 3.18. The van der Waals surface area contributed by atoms with E-state index in [2.05, 4.69) is 20.8 Å². The number of ether oxygens (including phenoxy) is 2. The van der Waals surface area contributed by atoms with Crippen molar-refractivity contribution in [2.45, 2.75) is 6.92 Å². The van der Waals surface area contributed by atoms with E-state index in [4.69, 9.17) is 9.47 Å². The maximum atomic E-state index is 11.8. The molecule has 1 aromatic carbocycles. The van der Waals surface area contributed by atoms with Gasteiger partial charge >= 0.3 is 0 Å². The first kappa shape index (κ1) is 16.7. The summed E-state index contributed by atoms with van der Waals surface area (Å²) in [4.78, 5) is 11.8. The molecule has 0 spiro atoms. The van der Waals surface area contributed by atoms with Crippen LogP contribution in [0.1, 0.15) is 16.1 Å². The number of aromatic nitrogens is 2. The maximum Gasteiger partial charge on any atom is 0.271 e. The van der Waals surface area contributed by atoms with Crippen molar-refractivity contribution in [2.24, 2.45) is 0 Å². The zero-order chi connectivity index (χ0) is 16.7. The molecule has 0 radical (unpaired) electrons. The lowest BCUT2D eigenvalue weighted by molar-refractivity contribution is 0.0931. The van der Waals surface area contributed by atoms with Crippen LogP contribution in [-0.2, 0) is 4.74 Å². The molecule has 1 amide bonds. The van der Waals surface area contributed by atoms with Crippen molar-refractivity contribution in [2.75, 3.05) is 32.7 Å². The van der Waals surface area contributed by atoms with Crippen LogP contribution in [0.3, 0.4) is 0 Å². The fraction of sp³-hybridized carbons (Fsp3) is 0.312. The quantitative estimate of drug-likeness (QED) is 0.759. The van der Waals surface area contributed by atoms with Crippen LogP contribution in [0.15, 0.2) is 30.3 Å². The van der Waals surface area contributed by atoms with E-state index in [1.54, 1.807) is 26.4 Å². The van der Waals surface area contributed by atoms with Crippen LogP contribution >= 0.6 is 0 Å². The fourth-order valence-corrected chi connectivity index (χ4v) is 1.93. The molecule has 0 aliphatic carbocycles. The van der Waals surface area contributed by atoms with E-state index in [0.717, 1.165) is 11.3 Å². The van der Waals surface area contributed by atoms with Gasteiger partial charge in [-0.3, -0.25) is 4.79 Å². The Balaban J connectivity index is 2.05. The van der Waals surface area contributed by atoms with E-state index < -0.39 is 0 Å². The van der Waals surface area contributed by atoms with Crippen LogP contribution < -0.4 is 15.4 Å². The number of carbonyl (C=O) groups excluding carboxylic acids is 1. The average Bonchev–Trinajstić information content (AvgIpc) is 2.56. The minimum absolute atomic E-state index is 0.253. The van der Waals surface area contributed by atoms with Crippen LogP contribution in [0.25, 0.3) is 0 Å². The summed E-state index contributed by atoms with van der Waals surface area (Å²) in [5.74, 6) is 0.954. The highest BCUT2D eigenvalue weighted by Crippen LogP contribution is 2.27. The number of nitrogens with zero attached hydrogens (tertiary/aromatic N) is 2. The van der Waals surface area contributed by atoms with E-state index in [0.29, 0.717) is 24.7 Å². The third-order valence-corrected chi connectivity index (χ3v) is 3.11. The minimum atomic E-state index is -0.283. The highest BCUT2D eigenvalue weighted by Gasteiger charge is 2.09. The molecule has 1 aromatic heterocycles. The fourth-order valence-electron chi connectivity index (χ4n) is 1.93. The smallest absolute Gasteiger partial charge is 0.271 e. The molecule has 122 valence electrons. The normalized spacial score (nSPS) is 10.2. The number of carbonyl (C=O) groups is 1. The van der Waals surface area contributed by atoms with Gasteiger partial charge in [0.2, 0.25) is 0 Å². The van der Waals surface area contributed by atoms with Gasteiger partial charge in [-0.2, -0.15) is 0 Å². The Labute approximate surface area is 135 Å². The molecular weight excluding hydrogens is 296 g/mol. The predicted molar refractivity (Wildman–Crippen MR) is 87.3 cm³/mol. The monoisotopic (exact) mass is 316 g/mol. The van der Waals surface area contributed by atoms with Gasteiger partial charge in [-0.25, -0.2) is 0 Å². The second-order valence-electron chi connectivity index (χ2n) is 4.88. The van der Waals surface area contributed by atoms with Crippen molar-refractivity contribution < 1.29 is 14.3 Å². The molecule has 23 heavy (non-hydrogen) atoms. The summed E-state index contributed by atoms with van der Waals surface area (Å²) in [6, 6.07) is 9.09. The average molecular weight is 316 g/mol. The van der Waals surface area contributed by atoms with E-state index in [1.165, 1.54) is 0 Å². The SMILES string of the molecule is COCCNC(=O)c1ccc(Nc2cc(C)ccc2OC)nn1. The Morgan fingerprint density at radius 2 is 2.00 bits per heavy atom. The van der Waals surface area contributed by atoms with Crippen LogP contribution in [0.5, 0.6) is 5.75 Å². The van der Waals surface area contributed by atoms with Crippen LogP contribution in [0.2, 0.25) is 0 Å². The summed E-state index contributed by atoms with van der Waals surface area (Å²) < 4.78 is 10.2. The Kier molecular flexibility index (Phi) is 5.87. The van der Waals surface area contributed by atoms with Crippen molar-refractivity contribution in [1.82, 2.24) is 15.5 Å². The predicted octanol–water partition coefficient (Wildman–Crippen LogP) is 1.91. The van der Waals surface area contributed by atoms with Gasteiger partial charge in [0.15, 0.2) is 11.5 Å². The third-order valence-electron chi connectivity index (χ3n) is 3.11. The molecule has 7 nitrogen and oxygen atoms in total. The standard InChI is InChI=1S/C16H20N4O3/c1-11-4-6-14(23-3)13(10-11)18-15-7-5-12(19-20-15)16(21)17-8-9-22-2/h4-7,10H,8-9H2,1-3H3,(H,17,21)(H,18,20). The molecule has 2 rings (SSSR count). The largest absolute Gasteiger partial charge is 0.495 e. The zero-order valence-electron chi connectivity index (χ0n) is 13.4. The topological polar surface area (TPSA) is 85.4 Å². The lowest BCUT2D eigenvalue weighted by Gasteiger charge is -2.11. The van der Waals surface area contributed by atoms with E-state index in [-0.39, 0.29) is 11.6 Å². The first-order valence-electron chi connectivity index (χ1n) is 7.16. The Hall–Kier alpha value is -2.67. The second-order valence-corrected chi connectivity index (χ2v) is 4.88. The Morgan fingerprint density at radius 3 is 2.65 bits per heavy atom. The Morgan fingerprint density at radius 1 is 1.17 bits per heavy atom. The molecule has 0 aliphatic rings. The van der Waals surface area contributed by atoms with Crippen molar-refractivity contribution in [3.8, 4) is 5.75 Å². The summed E-state index contributed by atoms with van der Waals surface area (Å²) in [5, 5.41) is 13.8. The molecule has 0 aliphatic heterocycles. The molecule has 0 atom stereocenters. The van der Waals surface area contributed by atoms with E-state index in [1.807, 2.05) is 25.1 Å². The molecule has 0 bridgehead atoms. The number of methoxy groups -OCH3 is 2. The number of aryl methyl sites for hydroxylation is 1. The Bertz CT molecular complexity index is 659. The molecule has 0 saturated carbocycles. The van der Waals surface area contributed by atoms with Gasteiger partial charge in [-0.1, -0.05) is 6.07 Å². The molecule has 2 aromatic rings. The van der Waals surface area contributed by atoms with Crippen molar-refractivity contribution >= 4 is 17.4 Å². The number of rotatable bonds is 7. The van der Waals surface area contributed by atoms with Crippen molar-refractivity contribution in [3.63, 3.8) is 0 Å². The van der Waals surface area contributed by atoms with Crippen LogP contribution in [-0.4, -0.2) is 43.5 Å². The van der Waals surface area contributed by atoms with Gasteiger partial charge in [0, 0.05) is 13.7 Å². The highest BCUT2D eigenvalue weighted by molar-refractivity contribution is 5.92. The van der Waals surface area contributed by atoms with Gasteiger partial charge < -0.3 is 20.1 Å². The van der Waals surface area contributed by atoms with Gasteiger partial charge in [0.25, 0.3) is 5.91 Å². The molecular formula is C16H20N4O3. The molecule has 0 unspecified atom stereocenters. The number of amides is 1. The van der Waals surface area contributed by atoms with Crippen LogP contribution in [0.4, 0.5) is 11.5 Å². The maximum absolute atomic E-state index is 11.8. The summed E-state index contributed by atoms with van der Waals surface area (Å²) in [5.41, 5.74) is 2.14. The second kappa shape index (κ2) is 8.09. The number of benzene rings is 1. The molecule has 7 heteroatoms. The molecule has 1 heterocycles. The zero-order valence-corrected chi connectivity index (χ0v) is 13.4. The molecule has 0 saturated heterocycles. The van der Waals surface area contributed by atoms with Gasteiger partial charge in [0.1, 0.15) is 5.75 Å². The minimum Gasteiger partial charge on any atom is -0.495 e. The molecule has 0 fully saturated rings. The highest BCUT2D eigenvalue weighted by atomic mass is 16.5. The first-order chi connectivity index (χ1) is 11.1. The van der Waals surface area contributed by atoms with Crippen molar-refractivity contribution in [3.05, 3.63) is 41.6 Å². The van der Waals surface area contributed by atoms with Crippen LogP contribution in [0, 0.1) is 6.92 Å². The van der Waals surface area contributed by atoms with E-state index >= 15 is 0 Å². The third kappa shape index (κ3) is 4.65. The number of hydrogen-bond donors (Lipinski definition) is 2. The summed E-state index contributed by atoms with van der Waals surface area (Å²) >= 11 is 0. The first-order valence-corrected chi connectivity index (χ1v) is 7.16. The van der Waals surface area contributed by atoms with E-state index in [9.17, 15) is 4.79 Å². The number of nitrogens with one attached hydrogen (secondary N) is 2. The summed E-state index contributed by atoms with van der Waals surface area (Å²) in [6.07, 6.45) is 0. The summed E-state index contributed by atoms with van der Waals surface area (Å²) in [6.45, 7) is 2.87.